The van der Waals surface area contributed by atoms with Crippen molar-refractivity contribution in [1.82, 2.24) is 0 Å². The van der Waals surface area contributed by atoms with Crippen LogP contribution in [0.1, 0.15) is 41.5 Å². The third kappa shape index (κ3) is 8.45. The molecule has 0 rings (SSSR count). The number of nitrogens with zero attached hydrogens (tertiary/aromatic N) is 1. The van der Waals surface area contributed by atoms with Gasteiger partial charge in [-0.2, -0.15) is 0 Å². The number of allylic oxidation sites excluding steroid dienone is 4. The number of carbonyl (C=O) groups is 1. The van der Waals surface area contributed by atoms with Crippen molar-refractivity contribution in [2.45, 2.75) is 41.5 Å². The Hall–Kier alpha value is -1.70. The molecule has 0 unspecified atom stereocenters. The highest BCUT2D eigenvalue weighted by Gasteiger charge is 2.09. The van der Waals surface area contributed by atoms with Crippen molar-refractivity contribution in [3.05, 3.63) is 48.2 Å². The average molecular weight is 249 g/mol. The van der Waals surface area contributed by atoms with E-state index in [0.29, 0.717) is 16.8 Å². The third-order valence-corrected chi connectivity index (χ3v) is 1.75. The van der Waals surface area contributed by atoms with E-state index in [1.54, 1.807) is 18.2 Å². The number of Topliss-reactive ketones (excluding diaryl/α,β-unsaturated/α-hetero) is 1. The molecule has 0 heterocycles. The fourth-order valence-corrected chi connectivity index (χ4v) is 0.980. The summed E-state index contributed by atoms with van der Waals surface area (Å²) in [6.07, 6.45) is 5.07. The van der Waals surface area contributed by atoms with E-state index in [4.69, 9.17) is 0 Å². The number of ketones is 1. The minimum Gasteiger partial charge on any atom is -0.295 e. The SMILES string of the molecule is C=C/C=C(C(=C)C(C)=O)\C(=C/C)N=C.CC.CC. The second-order valence-corrected chi connectivity index (χ2v) is 2.68. The molecule has 0 N–H and O–H groups in total. The summed E-state index contributed by atoms with van der Waals surface area (Å²) in [5.41, 5.74) is 1.74. The Morgan fingerprint density at radius 2 is 1.61 bits per heavy atom. The smallest absolute Gasteiger partial charge is 0.159 e. The lowest BCUT2D eigenvalue weighted by atomic mass is 10.0. The van der Waals surface area contributed by atoms with Gasteiger partial charge in [0, 0.05) is 11.1 Å². The van der Waals surface area contributed by atoms with Gasteiger partial charge in [-0.05, 0) is 20.6 Å². The van der Waals surface area contributed by atoms with Crippen molar-refractivity contribution in [1.29, 1.82) is 0 Å². The zero-order valence-corrected chi connectivity index (χ0v) is 12.7. The quantitative estimate of drug-likeness (QED) is 0.387. The van der Waals surface area contributed by atoms with Gasteiger partial charge in [-0.25, -0.2) is 0 Å². The molecule has 2 nitrogen and oxygen atoms in total. The molecule has 0 saturated heterocycles. The lowest BCUT2D eigenvalue weighted by Crippen LogP contribution is -2.00. The highest BCUT2D eigenvalue weighted by Crippen LogP contribution is 2.19. The van der Waals surface area contributed by atoms with Crippen LogP contribution < -0.4 is 0 Å². The van der Waals surface area contributed by atoms with Crippen LogP contribution in [0.2, 0.25) is 0 Å². The molecule has 0 aromatic rings. The fourth-order valence-electron chi connectivity index (χ4n) is 0.980. The van der Waals surface area contributed by atoms with Crippen LogP contribution in [0.5, 0.6) is 0 Å². The van der Waals surface area contributed by atoms with Gasteiger partial charge in [0.05, 0.1) is 5.70 Å². The normalized spacial score (nSPS) is 10.1. The predicted molar refractivity (Wildman–Crippen MR) is 84.1 cm³/mol. The molecule has 0 aromatic heterocycles. The maximum atomic E-state index is 11.1. The van der Waals surface area contributed by atoms with Crippen LogP contribution in [0.4, 0.5) is 0 Å². The molecular weight excluding hydrogens is 222 g/mol. The highest BCUT2D eigenvalue weighted by molar-refractivity contribution is 5.98. The summed E-state index contributed by atoms with van der Waals surface area (Å²) in [5, 5.41) is 0. The Labute approximate surface area is 113 Å². The van der Waals surface area contributed by atoms with Crippen molar-refractivity contribution >= 4 is 12.5 Å². The minimum atomic E-state index is -0.0823. The van der Waals surface area contributed by atoms with Gasteiger partial charge in [-0.15, -0.1) is 0 Å². The van der Waals surface area contributed by atoms with Gasteiger partial charge < -0.3 is 0 Å². The van der Waals surface area contributed by atoms with E-state index in [1.807, 2.05) is 34.6 Å². The number of carbonyl (C=O) groups excluding carboxylic acids is 1. The molecule has 0 aromatic carbocycles. The first kappa shape index (κ1) is 21.6. The molecule has 0 aliphatic rings. The second kappa shape index (κ2) is 15.3. The highest BCUT2D eigenvalue weighted by atomic mass is 16.1. The van der Waals surface area contributed by atoms with Crippen LogP contribution in [0.15, 0.2) is 53.2 Å². The summed E-state index contributed by atoms with van der Waals surface area (Å²) in [7, 11) is 0. The van der Waals surface area contributed by atoms with Crippen LogP contribution in [0.25, 0.3) is 0 Å². The molecule has 0 aliphatic heterocycles. The largest absolute Gasteiger partial charge is 0.295 e. The van der Waals surface area contributed by atoms with Gasteiger partial charge in [0.2, 0.25) is 0 Å². The fraction of sp³-hybridized carbons (Fsp3) is 0.375. The van der Waals surface area contributed by atoms with Crippen molar-refractivity contribution < 1.29 is 4.79 Å². The van der Waals surface area contributed by atoms with Crippen LogP contribution in [0.3, 0.4) is 0 Å². The van der Waals surface area contributed by atoms with Gasteiger partial charge in [0.1, 0.15) is 0 Å². The molecule has 0 fully saturated rings. The van der Waals surface area contributed by atoms with Crippen molar-refractivity contribution in [2.75, 3.05) is 0 Å². The van der Waals surface area contributed by atoms with Crippen molar-refractivity contribution in [2.24, 2.45) is 4.99 Å². The zero-order valence-electron chi connectivity index (χ0n) is 12.7. The second-order valence-electron chi connectivity index (χ2n) is 2.68. The molecule has 0 amide bonds. The molecule has 0 atom stereocenters. The Morgan fingerprint density at radius 3 is 1.83 bits per heavy atom. The average Bonchev–Trinajstić information content (AvgIpc) is 2.42. The summed E-state index contributed by atoms with van der Waals surface area (Å²) in [6.45, 7) is 22.0. The molecule has 102 valence electrons. The summed E-state index contributed by atoms with van der Waals surface area (Å²) in [4.78, 5) is 14.9. The first-order valence-electron chi connectivity index (χ1n) is 6.24. The summed E-state index contributed by atoms with van der Waals surface area (Å²) >= 11 is 0. The maximum Gasteiger partial charge on any atom is 0.159 e. The zero-order chi connectivity index (χ0) is 15.1. The van der Waals surface area contributed by atoms with Gasteiger partial charge in [-0.1, -0.05) is 59.1 Å². The maximum absolute atomic E-state index is 11.1. The molecule has 0 radical (unpaired) electrons. The third-order valence-electron chi connectivity index (χ3n) is 1.75. The molecule has 2 heteroatoms. The van der Waals surface area contributed by atoms with Crippen molar-refractivity contribution in [3.63, 3.8) is 0 Å². The standard InChI is InChI=1S/C12H15NO.2C2H6/c1-6-8-11(9(3)10(4)14)12(7-2)13-5;2*1-2/h6-8H,1,3,5H2,2,4H3;2*1-2H3/b11-8-,12-7+;;. The number of rotatable bonds is 5. The summed E-state index contributed by atoms with van der Waals surface area (Å²) in [6, 6.07) is 0. The Bertz CT molecular complexity index is 333. The lowest BCUT2D eigenvalue weighted by Gasteiger charge is -2.07. The van der Waals surface area contributed by atoms with E-state index >= 15 is 0 Å². The Kier molecular flexibility index (Phi) is 18.3. The van der Waals surface area contributed by atoms with Crippen LogP contribution >= 0.6 is 0 Å². The van der Waals surface area contributed by atoms with Gasteiger partial charge in [0.15, 0.2) is 5.78 Å². The van der Waals surface area contributed by atoms with Crippen LogP contribution in [-0.2, 0) is 4.79 Å². The van der Waals surface area contributed by atoms with E-state index in [-0.39, 0.29) is 5.78 Å². The molecule has 0 spiro atoms. The number of hydrogen-bond donors (Lipinski definition) is 0. The van der Waals surface area contributed by atoms with E-state index in [1.165, 1.54) is 6.92 Å². The van der Waals surface area contributed by atoms with Crippen LogP contribution in [-0.4, -0.2) is 12.5 Å². The van der Waals surface area contributed by atoms with Gasteiger partial charge in [-0.3, -0.25) is 9.79 Å². The lowest BCUT2D eigenvalue weighted by molar-refractivity contribution is -0.113. The minimum absolute atomic E-state index is 0.0823. The molecule has 0 saturated carbocycles. The van der Waals surface area contributed by atoms with Gasteiger partial charge >= 0.3 is 0 Å². The Morgan fingerprint density at radius 1 is 1.17 bits per heavy atom. The van der Waals surface area contributed by atoms with E-state index < -0.39 is 0 Å². The van der Waals surface area contributed by atoms with E-state index in [2.05, 4.69) is 24.9 Å². The van der Waals surface area contributed by atoms with E-state index in [0.717, 1.165) is 0 Å². The number of hydrogen-bond acceptors (Lipinski definition) is 2. The monoisotopic (exact) mass is 249 g/mol. The first-order valence-corrected chi connectivity index (χ1v) is 6.24. The van der Waals surface area contributed by atoms with E-state index in [9.17, 15) is 4.79 Å². The Balaban J connectivity index is -0.000000506. The first-order chi connectivity index (χ1) is 8.58. The molecule has 0 aliphatic carbocycles. The van der Waals surface area contributed by atoms with Gasteiger partial charge in [0.25, 0.3) is 0 Å². The number of aliphatic imine (C=N–C) groups is 1. The molecule has 0 bridgehead atoms. The summed E-state index contributed by atoms with van der Waals surface area (Å²) < 4.78 is 0. The predicted octanol–water partition coefficient (Wildman–Crippen LogP) is 4.90. The van der Waals surface area contributed by atoms with Crippen LogP contribution in [0, 0.1) is 0 Å². The summed E-state index contributed by atoms with van der Waals surface area (Å²) in [5.74, 6) is -0.0823. The topological polar surface area (TPSA) is 29.4 Å². The van der Waals surface area contributed by atoms with Crippen molar-refractivity contribution in [3.8, 4) is 0 Å². The molecular formula is C16H27NO. The molecule has 18 heavy (non-hydrogen) atoms.